The number of halogens is 3. The summed E-state index contributed by atoms with van der Waals surface area (Å²) in [4.78, 5) is 11.6. The van der Waals surface area contributed by atoms with E-state index in [4.69, 9.17) is 4.74 Å². The molecule has 0 aliphatic carbocycles. The van der Waals surface area contributed by atoms with Crippen molar-refractivity contribution < 1.29 is 22.7 Å². The summed E-state index contributed by atoms with van der Waals surface area (Å²) in [5, 5.41) is 6.58. The summed E-state index contributed by atoms with van der Waals surface area (Å²) >= 11 is 0. The summed E-state index contributed by atoms with van der Waals surface area (Å²) in [6.07, 6.45) is -0.762. The van der Waals surface area contributed by atoms with E-state index in [1.807, 2.05) is 0 Å². The molecule has 0 saturated carbocycles. The zero-order valence-corrected chi connectivity index (χ0v) is 12.3. The van der Waals surface area contributed by atoms with E-state index >= 15 is 0 Å². The van der Waals surface area contributed by atoms with E-state index in [0.717, 1.165) is 12.4 Å². The fourth-order valence-electron chi connectivity index (χ4n) is 1.94. The smallest absolute Gasteiger partial charge is 0.419 e. The monoisotopic (exact) mass is 307 g/mol. The molecule has 1 atom stereocenters. The highest BCUT2D eigenvalue weighted by Crippen LogP contribution is 2.28. The van der Waals surface area contributed by atoms with Crippen molar-refractivity contribution in [3.8, 4) is 0 Å². The Morgan fingerprint density at radius 1 is 1.43 bits per heavy atom. The number of nitrogens with one attached hydrogen (secondary N) is 1. The van der Waals surface area contributed by atoms with Gasteiger partial charge in [-0.15, -0.1) is 0 Å². The molecule has 0 fully saturated rings. The first-order valence-electron chi connectivity index (χ1n) is 6.60. The lowest BCUT2D eigenvalue weighted by molar-refractivity contribution is -0.148. The highest BCUT2D eigenvalue weighted by Gasteiger charge is 2.33. The molecular weight excluding hydrogens is 287 g/mol. The fourth-order valence-corrected chi connectivity index (χ4v) is 1.94. The molecule has 1 N–H and O–H groups in total. The third-order valence-electron chi connectivity index (χ3n) is 3.46. The summed E-state index contributed by atoms with van der Waals surface area (Å²) in [7, 11) is 2.99. The van der Waals surface area contributed by atoms with Gasteiger partial charge in [-0.1, -0.05) is 0 Å². The number of esters is 1. The number of likely N-dealkylation sites (N-methyl/N-ethyl adjacent to an activating group) is 1. The average Bonchev–Trinajstić information content (AvgIpc) is 2.91. The number of aromatic nitrogens is 2. The first-order chi connectivity index (χ1) is 9.73. The van der Waals surface area contributed by atoms with Crippen molar-refractivity contribution in [2.24, 2.45) is 0 Å². The Labute approximate surface area is 121 Å². The number of aryl methyl sites for hydroxylation is 1. The zero-order valence-electron chi connectivity index (χ0n) is 12.3. The van der Waals surface area contributed by atoms with E-state index in [1.54, 1.807) is 14.0 Å². The van der Waals surface area contributed by atoms with Gasteiger partial charge in [0.1, 0.15) is 5.54 Å². The Hall–Kier alpha value is -1.57. The summed E-state index contributed by atoms with van der Waals surface area (Å²) in [5.74, 6) is -0.358. The molecule has 0 spiro atoms. The second kappa shape index (κ2) is 6.93. The molecule has 0 bridgehead atoms. The van der Waals surface area contributed by atoms with Crippen molar-refractivity contribution in [3.63, 3.8) is 0 Å². The standard InChI is InChI=1S/C13H20F3N3O2/c1-12(17-2,11(20)21-3)6-4-5-7-19-9-10(8-18-19)13(14,15)16/h8-9,17H,4-7H2,1-3H3. The van der Waals surface area contributed by atoms with E-state index < -0.39 is 17.3 Å². The van der Waals surface area contributed by atoms with Gasteiger partial charge < -0.3 is 10.1 Å². The third-order valence-corrected chi connectivity index (χ3v) is 3.46. The molecule has 1 heterocycles. The topological polar surface area (TPSA) is 56.2 Å². The number of alkyl halides is 3. The fraction of sp³-hybridized carbons (Fsp3) is 0.692. The Balaban J connectivity index is 2.44. The molecule has 1 rings (SSSR count). The number of ether oxygens (including phenoxy) is 1. The van der Waals surface area contributed by atoms with Crippen molar-refractivity contribution >= 4 is 5.97 Å². The number of carbonyl (C=O) groups excluding carboxylic acids is 1. The third kappa shape index (κ3) is 4.73. The van der Waals surface area contributed by atoms with Crippen LogP contribution in [-0.4, -0.2) is 35.4 Å². The van der Waals surface area contributed by atoms with Crippen LogP contribution in [0.25, 0.3) is 0 Å². The predicted octanol–water partition coefficient (Wildman–Crippen LogP) is 2.22. The van der Waals surface area contributed by atoms with Crippen molar-refractivity contribution in [3.05, 3.63) is 18.0 Å². The van der Waals surface area contributed by atoms with Gasteiger partial charge >= 0.3 is 12.1 Å². The van der Waals surface area contributed by atoms with Gasteiger partial charge in [-0.3, -0.25) is 9.48 Å². The van der Waals surface area contributed by atoms with Crippen LogP contribution in [0.2, 0.25) is 0 Å². The molecular formula is C13H20F3N3O2. The van der Waals surface area contributed by atoms with Gasteiger partial charge in [-0.25, -0.2) is 0 Å². The number of methoxy groups -OCH3 is 1. The molecule has 0 aliphatic rings. The molecule has 8 heteroatoms. The van der Waals surface area contributed by atoms with E-state index in [9.17, 15) is 18.0 Å². The lowest BCUT2D eigenvalue weighted by atomic mass is 9.95. The zero-order chi connectivity index (χ0) is 16.1. The van der Waals surface area contributed by atoms with E-state index in [-0.39, 0.29) is 5.97 Å². The highest BCUT2D eigenvalue weighted by atomic mass is 19.4. The maximum atomic E-state index is 12.4. The molecule has 0 saturated heterocycles. The Kier molecular flexibility index (Phi) is 5.77. The molecule has 5 nitrogen and oxygen atoms in total. The Morgan fingerprint density at radius 3 is 2.57 bits per heavy atom. The number of carbonyl (C=O) groups is 1. The number of hydrogen-bond acceptors (Lipinski definition) is 4. The van der Waals surface area contributed by atoms with Crippen LogP contribution in [0, 0.1) is 0 Å². The lowest BCUT2D eigenvalue weighted by Gasteiger charge is -2.25. The molecule has 0 aliphatic heterocycles. The van der Waals surface area contributed by atoms with Crippen LogP contribution in [0.15, 0.2) is 12.4 Å². The molecule has 0 aromatic carbocycles. The minimum absolute atomic E-state index is 0.358. The van der Waals surface area contributed by atoms with Gasteiger partial charge in [0.2, 0.25) is 0 Å². The van der Waals surface area contributed by atoms with Crippen LogP contribution in [-0.2, 0) is 22.3 Å². The van der Waals surface area contributed by atoms with Gasteiger partial charge in [0.15, 0.2) is 0 Å². The van der Waals surface area contributed by atoms with Gasteiger partial charge in [-0.05, 0) is 33.2 Å². The predicted molar refractivity (Wildman–Crippen MR) is 70.6 cm³/mol. The SMILES string of the molecule is CNC(C)(CCCCn1cc(C(F)(F)F)cn1)C(=O)OC. The summed E-state index contributed by atoms with van der Waals surface area (Å²) < 4.78 is 43.2. The second-order valence-corrected chi connectivity index (χ2v) is 5.02. The molecule has 0 amide bonds. The Morgan fingerprint density at radius 2 is 2.10 bits per heavy atom. The van der Waals surface area contributed by atoms with E-state index in [1.165, 1.54) is 11.8 Å². The molecule has 1 unspecified atom stereocenters. The van der Waals surface area contributed by atoms with Crippen LogP contribution in [0.1, 0.15) is 31.7 Å². The maximum absolute atomic E-state index is 12.4. The van der Waals surface area contributed by atoms with Gasteiger partial charge in [0, 0.05) is 12.7 Å². The summed E-state index contributed by atoms with van der Waals surface area (Å²) in [5.41, 5.74) is -1.53. The first kappa shape index (κ1) is 17.5. The Bertz CT molecular complexity index is 473. The molecule has 1 aromatic heterocycles. The van der Waals surface area contributed by atoms with Crippen LogP contribution < -0.4 is 5.32 Å². The lowest BCUT2D eigenvalue weighted by Crippen LogP contribution is -2.48. The molecule has 0 radical (unpaired) electrons. The van der Waals surface area contributed by atoms with Gasteiger partial charge in [0.25, 0.3) is 0 Å². The molecule has 21 heavy (non-hydrogen) atoms. The summed E-state index contributed by atoms with van der Waals surface area (Å²) in [6.45, 7) is 2.10. The van der Waals surface area contributed by atoms with Crippen molar-refractivity contribution in [1.82, 2.24) is 15.1 Å². The van der Waals surface area contributed by atoms with Crippen LogP contribution >= 0.6 is 0 Å². The number of rotatable bonds is 7. The van der Waals surface area contributed by atoms with Crippen molar-refractivity contribution in [2.45, 2.75) is 44.4 Å². The first-order valence-corrected chi connectivity index (χ1v) is 6.60. The van der Waals surface area contributed by atoms with E-state index in [2.05, 4.69) is 10.4 Å². The number of nitrogens with zero attached hydrogens (tertiary/aromatic N) is 2. The largest absolute Gasteiger partial charge is 0.468 e. The van der Waals surface area contributed by atoms with Gasteiger partial charge in [0.05, 0.1) is 18.9 Å². The normalized spacial score (nSPS) is 14.8. The van der Waals surface area contributed by atoms with Crippen molar-refractivity contribution in [2.75, 3.05) is 14.2 Å². The average molecular weight is 307 g/mol. The van der Waals surface area contributed by atoms with Crippen LogP contribution in [0.4, 0.5) is 13.2 Å². The number of hydrogen-bond donors (Lipinski definition) is 1. The minimum Gasteiger partial charge on any atom is -0.468 e. The van der Waals surface area contributed by atoms with Gasteiger partial charge in [-0.2, -0.15) is 18.3 Å². The maximum Gasteiger partial charge on any atom is 0.419 e. The summed E-state index contributed by atoms with van der Waals surface area (Å²) in [6, 6.07) is 0. The second-order valence-electron chi connectivity index (χ2n) is 5.02. The number of unbranched alkanes of at least 4 members (excludes halogenated alkanes) is 1. The molecule has 1 aromatic rings. The quantitative estimate of drug-likeness (QED) is 0.620. The van der Waals surface area contributed by atoms with Crippen LogP contribution in [0.3, 0.4) is 0 Å². The van der Waals surface area contributed by atoms with E-state index in [0.29, 0.717) is 25.8 Å². The van der Waals surface area contributed by atoms with Crippen LogP contribution in [0.5, 0.6) is 0 Å². The molecule has 120 valence electrons. The highest BCUT2D eigenvalue weighted by molar-refractivity contribution is 5.80. The van der Waals surface area contributed by atoms with Crippen molar-refractivity contribution in [1.29, 1.82) is 0 Å². The minimum atomic E-state index is -4.37.